The number of para-hydroxylation sites is 1. The Morgan fingerprint density at radius 3 is 2.68 bits per heavy atom. The van der Waals surface area contributed by atoms with Crippen LogP contribution in [0.5, 0.6) is 5.75 Å². The van der Waals surface area contributed by atoms with E-state index in [-0.39, 0.29) is 6.10 Å². The number of nitrogens with one attached hydrogen (secondary N) is 1. The van der Waals surface area contributed by atoms with Gasteiger partial charge in [-0.3, -0.25) is 0 Å². The fourth-order valence-electron chi connectivity index (χ4n) is 2.85. The zero-order chi connectivity index (χ0) is 13.7. The molecule has 0 bridgehead atoms. The minimum absolute atomic E-state index is 0.282. The van der Waals surface area contributed by atoms with Crippen molar-refractivity contribution < 1.29 is 4.74 Å². The van der Waals surface area contributed by atoms with E-state index in [0.717, 1.165) is 18.0 Å². The van der Waals surface area contributed by atoms with Gasteiger partial charge in [-0.15, -0.1) is 11.8 Å². The van der Waals surface area contributed by atoms with Crippen LogP contribution in [0.1, 0.15) is 33.6 Å². The molecule has 0 spiro atoms. The average Bonchev–Trinajstić information content (AvgIpc) is 2.47. The van der Waals surface area contributed by atoms with E-state index in [1.807, 2.05) is 11.8 Å². The lowest BCUT2D eigenvalue weighted by Crippen LogP contribution is -2.50. The van der Waals surface area contributed by atoms with E-state index in [1.165, 1.54) is 17.7 Å². The van der Waals surface area contributed by atoms with Crippen molar-refractivity contribution in [1.82, 2.24) is 5.32 Å². The first-order chi connectivity index (χ1) is 9.30. The summed E-state index contributed by atoms with van der Waals surface area (Å²) in [4.78, 5) is 1.28. The van der Waals surface area contributed by atoms with E-state index < -0.39 is 0 Å². The summed E-state index contributed by atoms with van der Waals surface area (Å²) in [5.41, 5.74) is 0. The predicted molar refractivity (Wildman–Crippen MR) is 83.1 cm³/mol. The number of likely N-dealkylation sites (N-methyl/N-ethyl adjacent to an activating group) is 1. The van der Waals surface area contributed by atoms with Gasteiger partial charge in [0.15, 0.2) is 0 Å². The van der Waals surface area contributed by atoms with Crippen molar-refractivity contribution in [3.63, 3.8) is 0 Å². The molecule has 2 rings (SSSR count). The number of fused-ring (bicyclic) bond motifs is 1. The zero-order valence-corrected chi connectivity index (χ0v) is 13.0. The molecule has 2 atom stereocenters. The van der Waals surface area contributed by atoms with Gasteiger partial charge in [0, 0.05) is 16.7 Å². The Kier molecular flexibility index (Phi) is 5.59. The zero-order valence-electron chi connectivity index (χ0n) is 12.2. The van der Waals surface area contributed by atoms with Gasteiger partial charge in [0.1, 0.15) is 11.9 Å². The normalized spacial score (nSPS) is 19.9. The Morgan fingerprint density at radius 2 is 2.00 bits per heavy atom. The molecule has 1 aliphatic rings. The van der Waals surface area contributed by atoms with Crippen LogP contribution in [-0.4, -0.2) is 24.4 Å². The minimum atomic E-state index is 0.282. The first-order valence-electron chi connectivity index (χ1n) is 7.41. The van der Waals surface area contributed by atoms with E-state index in [1.54, 1.807) is 0 Å². The van der Waals surface area contributed by atoms with Crippen LogP contribution < -0.4 is 10.1 Å². The molecule has 2 nitrogen and oxygen atoms in total. The molecule has 1 aliphatic heterocycles. The number of hydrogen-bond acceptors (Lipinski definition) is 3. The second-order valence-corrected chi connectivity index (χ2v) is 6.14. The summed E-state index contributed by atoms with van der Waals surface area (Å²) in [5, 5.41) is 3.65. The maximum absolute atomic E-state index is 6.25. The first-order valence-corrected chi connectivity index (χ1v) is 8.40. The lowest BCUT2D eigenvalue weighted by molar-refractivity contribution is 0.128. The van der Waals surface area contributed by atoms with Gasteiger partial charge in [0.05, 0.1) is 0 Å². The van der Waals surface area contributed by atoms with Gasteiger partial charge in [-0.25, -0.2) is 0 Å². The Balaban J connectivity index is 2.11. The Hall–Kier alpha value is -0.670. The van der Waals surface area contributed by atoms with E-state index in [4.69, 9.17) is 4.74 Å². The van der Waals surface area contributed by atoms with Gasteiger partial charge in [0.2, 0.25) is 0 Å². The summed E-state index contributed by atoms with van der Waals surface area (Å²) in [6.07, 6.45) is 2.70. The van der Waals surface area contributed by atoms with Crippen LogP contribution >= 0.6 is 11.8 Å². The Morgan fingerprint density at radius 1 is 1.26 bits per heavy atom. The highest BCUT2D eigenvalue weighted by Gasteiger charge is 2.31. The molecular weight excluding hydrogens is 254 g/mol. The predicted octanol–water partition coefficient (Wildman–Crippen LogP) is 3.95. The highest BCUT2D eigenvalue weighted by molar-refractivity contribution is 7.99. The van der Waals surface area contributed by atoms with Crippen LogP contribution in [0.15, 0.2) is 29.2 Å². The van der Waals surface area contributed by atoms with Gasteiger partial charge in [-0.05, 0) is 24.6 Å². The fourth-order valence-corrected chi connectivity index (χ4v) is 3.90. The molecule has 106 valence electrons. The van der Waals surface area contributed by atoms with E-state index >= 15 is 0 Å². The third-order valence-electron chi connectivity index (χ3n) is 3.93. The molecule has 1 aromatic rings. The molecule has 19 heavy (non-hydrogen) atoms. The molecule has 2 unspecified atom stereocenters. The van der Waals surface area contributed by atoms with Crippen molar-refractivity contribution in [3.8, 4) is 5.75 Å². The number of benzene rings is 1. The number of thioether (sulfide) groups is 1. The quantitative estimate of drug-likeness (QED) is 0.852. The van der Waals surface area contributed by atoms with Crippen LogP contribution in [0.3, 0.4) is 0 Å². The largest absolute Gasteiger partial charge is 0.487 e. The molecular formula is C16H25NOS. The first kappa shape index (κ1) is 14.7. The van der Waals surface area contributed by atoms with Gasteiger partial charge < -0.3 is 10.1 Å². The summed E-state index contributed by atoms with van der Waals surface area (Å²) in [5.74, 6) is 2.79. The van der Waals surface area contributed by atoms with Crippen molar-refractivity contribution in [2.45, 2.75) is 50.7 Å². The van der Waals surface area contributed by atoms with Crippen LogP contribution in [0.2, 0.25) is 0 Å². The molecule has 3 heteroatoms. The molecule has 0 amide bonds. The molecule has 0 saturated heterocycles. The highest BCUT2D eigenvalue weighted by Crippen LogP contribution is 2.37. The molecule has 0 radical (unpaired) electrons. The van der Waals surface area contributed by atoms with Gasteiger partial charge in [-0.1, -0.05) is 45.7 Å². The van der Waals surface area contributed by atoms with Crippen LogP contribution in [0.4, 0.5) is 0 Å². The summed E-state index contributed by atoms with van der Waals surface area (Å²) in [6.45, 7) is 7.75. The molecule has 0 aromatic heterocycles. The molecule has 1 heterocycles. The van der Waals surface area contributed by atoms with Gasteiger partial charge in [0.25, 0.3) is 0 Å². The van der Waals surface area contributed by atoms with Crippen molar-refractivity contribution in [3.05, 3.63) is 24.3 Å². The van der Waals surface area contributed by atoms with E-state index in [9.17, 15) is 0 Å². The maximum atomic E-state index is 6.25. The molecule has 0 saturated carbocycles. The average molecular weight is 279 g/mol. The van der Waals surface area contributed by atoms with Crippen LogP contribution in [0, 0.1) is 5.92 Å². The smallest absolute Gasteiger partial charge is 0.133 e. The third kappa shape index (κ3) is 3.46. The molecule has 1 N–H and O–H groups in total. The summed E-state index contributed by atoms with van der Waals surface area (Å²) in [7, 11) is 0. The lowest BCUT2D eigenvalue weighted by atomic mass is 9.90. The Bertz CT molecular complexity index is 392. The van der Waals surface area contributed by atoms with E-state index in [2.05, 4.69) is 50.4 Å². The molecule has 0 aliphatic carbocycles. The lowest BCUT2D eigenvalue weighted by Gasteiger charge is -2.36. The highest BCUT2D eigenvalue weighted by atomic mass is 32.2. The summed E-state index contributed by atoms with van der Waals surface area (Å²) in [6, 6.07) is 8.83. The van der Waals surface area contributed by atoms with Gasteiger partial charge in [-0.2, -0.15) is 0 Å². The molecule has 0 fully saturated rings. The topological polar surface area (TPSA) is 21.3 Å². The van der Waals surface area contributed by atoms with Crippen LogP contribution in [-0.2, 0) is 0 Å². The Labute approximate surface area is 121 Å². The number of ether oxygens (including phenoxy) is 1. The number of rotatable bonds is 6. The third-order valence-corrected chi connectivity index (χ3v) is 5.07. The summed E-state index contributed by atoms with van der Waals surface area (Å²) < 4.78 is 6.25. The van der Waals surface area contributed by atoms with E-state index in [0.29, 0.717) is 12.0 Å². The van der Waals surface area contributed by atoms with Crippen molar-refractivity contribution in [2.24, 2.45) is 5.92 Å². The second-order valence-electron chi connectivity index (χ2n) is 5.07. The van der Waals surface area contributed by atoms with Crippen molar-refractivity contribution in [1.29, 1.82) is 0 Å². The summed E-state index contributed by atoms with van der Waals surface area (Å²) >= 11 is 1.92. The van der Waals surface area contributed by atoms with Crippen LogP contribution in [0.25, 0.3) is 0 Å². The monoisotopic (exact) mass is 279 g/mol. The van der Waals surface area contributed by atoms with Crippen molar-refractivity contribution in [2.75, 3.05) is 12.3 Å². The minimum Gasteiger partial charge on any atom is -0.487 e. The molecule has 1 aromatic carbocycles. The van der Waals surface area contributed by atoms with Gasteiger partial charge >= 0.3 is 0 Å². The standard InChI is InChI=1S/C16H25NOS/c1-4-12(5-2)16(17-6-3)14-11-19-15-10-8-7-9-13(15)18-14/h7-10,12,14,16-17H,4-6,11H2,1-3H3. The van der Waals surface area contributed by atoms with Crippen molar-refractivity contribution >= 4 is 11.8 Å². The maximum Gasteiger partial charge on any atom is 0.133 e. The SMILES string of the molecule is CCNC(C(CC)CC)C1CSc2ccccc2O1. The second kappa shape index (κ2) is 7.20. The number of hydrogen-bond donors (Lipinski definition) is 1. The fraction of sp³-hybridized carbons (Fsp3) is 0.625.